The molecule has 3 heterocycles. The van der Waals surface area contributed by atoms with Crippen LogP contribution in [0.15, 0.2) is 59.5 Å². The van der Waals surface area contributed by atoms with Crippen LogP contribution < -0.4 is 21.1 Å². The highest BCUT2D eigenvalue weighted by Crippen LogP contribution is 2.32. The van der Waals surface area contributed by atoms with Gasteiger partial charge < -0.3 is 20.4 Å². The van der Waals surface area contributed by atoms with E-state index < -0.39 is 0 Å². The van der Waals surface area contributed by atoms with Gasteiger partial charge in [0.15, 0.2) is 0 Å². The molecule has 0 radical (unpaired) electrons. The van der Waals surface area contributed by atoms with Crippen molar-refractivity contribution in [1.29, 1.82) is 0 Å². The Balaban J connectivity index is 1.33. The number of fused-ring (bicyclic) bond motifs is 1. The predicted molar refractivity (Wildman–Crippen MR) is 178 cm³/mol. The van der Waals surface area contributed by atoms with Gasteiger partial charge in [-0.25, -0.2) is 4.98 Å². The fraction of sp³-hybridized carbons (Fsp3) is 0.412. The van der Waals surface area contributed by atoms with Gasteiger partial charge in [-0.3, -0.25) is 14.2 Å². The number of carbonyl (C=O) groups is 1. The molecular formula is C34H40ClN7O2. The van der Waals surface area contributed by atoms with E-state index in [1.807, 2.05) is 35.8 Å². The molecular weight excluding hydrogens is 574 g/mol. The molecule has 0 bridgehead atoms. The molecule has 1 amide bonds. The van der Waals surface area contributed by atoms with E-state index in [4.69, 9.17) is 16.6 Å². The van der Waals surface area contributed by atoms with Crippen LogP contribution >= 0.6 is 11.6 Å². The molecule has 1 aliphatic heterocycles. The van der Waals surface area contributed by atoms with Crippen molar-refractivity contribution >= 4 is 45.9 Å². The number of amides is 1. The molecule has 2 aromatic heterocycles. The molecule has 1 saturated heterocycles. The van der Waals surface area contributed by atoms with E-state index in [-0.39, 0.29) is 23.6 Å². The number of rotatable bonds is 7. The monoisotopic (exact) mass is 613 g/mol. The van der Waals surface area contributed by atoms with Crippen LogP contribution in [0.1, 0.15) is 50.6 Å². The molecule has 2 aliphatic rings. The maximum absolute atomic E-state index is 14.2. The topological polar surface area (TPSA) is 95.4 Å². The number of anilines is 3. The number of aromatic nitrogens is 3. The highest BCUT2D eigenvalue weighted by Gasteiger charge is 2.27. The Morgan fingerprint density at radius 1 is 1.02 bits per heavy atom. The second kappa shape index (κ2) is 13.0. The zero-order valence-electron chi connectivity index (χ0n) is 25.6. The third-order valence-electron chi connectivity index (χ3n) is 8.95. The maximum Gasteiger partial charge on any atom is 0.260 e. The van der Waals surface area contributed by atoms with Gasteiger partial charge in [0.25, 0.3) is 5.56 Å². The standard InChI is InChI=1S/C34H40ClN7O2/c1-4-31(43)37-26-8-11-28(12-9-26)42-32-24(20-29(33(42)44)23-6-5-7-25(35)19-23)21-36-34(39-32)38-27-10-13-30(22(2)18-27)41-16-14-40(3)15-17-41/h5-7,10,13,18-21,26,28H,4,8-9,11-12,14-17H2,1-3H3,(H,37,43)(H,36,38,39)/t26-,28-. The van der Waals surface area contributed by atoms with Gasteiger partial charge in [-0.2, -0.15) is 4.98 Å². The number of carbonyl (C=O) groups excluding carboxylic acids is 1. The van der Waals surface area contributed by atoms with Gasteiger partial charge in [-0.05, 0) is 87.2 Å². The second-order valence-electron chi connectivity index (χ2n) is 12.1. The lowest BCUT2D eigenvalue weighted by Gasteiger charge is -2.35. The van der Waals surface area contributed by atoms with Crippen molar-refractivity contribution in [3.05, 3.63) is 75.7 Å². The SMILES string of the molecule is CCC(=O)N[C@H]1CC[C@H](n2c(=O)c(-c3cccc(Cl)c3)cc3cnc(Nc4ccc(N5CCN(C)CC5)c(C)c4)nc32)CC1. The van der Waals surface area contributed by atoms with Crippen molar-refractivity contribution in [2.75, 3.05) is 43.4 Å². The number of piperazine rings is 1. The lowest BCUT2D eigenvalue weighted by atomic mass is 9.90. The average molecular weight is 614 g/mol. The lowest BCUT2D eigenvalue weighted by molar-refractivity contribution is -0.121. The molecule has 4 aromatic rings. The summed E-state index contributed by atoms with van der Waals surface area (Å²) in [6, 6.07) is 15.7. The largest absolute Gasteiger partial charge is 0.369 e. The Morgan fingerprint density at radius 3 is 2.50 bits per heavy atom. The van der Waals surface area contributed by atoms with Crippen molar-refractivity contribution in [1.82, 2.24) is 24.8 Å². The fourth-order valence-corrected chi connectivity index (χ4v) is 6.64. The highest BCUT2D eigenvalue weighted by molar-refractivity contribution is 6.30. The molecule has 0 spiro atoms. The normalized spacial score (nSPS) is 19.2. The van der Waals surface area contributed by atoms with Gasteiger partial charge in [-0.1, -0.05) is 30.7 Å². The van der Waals surface area contributed by atoms with Gasteiger partial charge in [0, 0.05) is 78.2 Å². The van der Waals surface area contributed by atoms with Gasteiger partial charge in [0.05, 0.1) is 0 Å². The summed E-state index contributed by atoms with van der Waals surface area (Å²) < 4.78 is 1.85. The zero-order valence-corrected chi connectivity index (χ0v) is 26.4. The summed E-state index contributed by atoms with van der Waals surface area (Å²) in [6.07, 6.45) is 5.40. The molecule has 0 unspecified atom stereocenters. The number of hydrogen-bond donors (Lipinski definition) is 2. The first-order valence-corrected chi connectivity index (χ1v) is 16.0. The molecule has 1 aliphatic carbocycles. The molecule has 2 fully saturated rings. The molecule has 10 heteroatoms. The van der Waals surface area contributed by atoms with Gasteiger partial charge in [0.1, 0.15) is 5.65 Å². The van der Waals surface area contributed by atoms with Crippen molar-refractivity contribution in [3.8, 4) is 11.1 Å². The van der Waals surface area contributed by atoms with E-state index in [2.05, 4.69) is 57.6 Å². The number of halogens is 1. The summed E-state index contributed by atoms with van der Waals surface area (Å²) in [4.78, 5) is 40.5. The number of nitrogens with one attached hydrogen (secondary N) is 2. The molecule has 1 saturated carbocycles. The minimum absolute atomic E-state index is 0.0493. The van der Waals surface area contributed by atoms with Crippen LogP contribution in [0.3, 0.4) is 0 Å². The smallest absolute Gasteiger partial charge is 0.260 e. The maximum atomic E-state index is 14.2. The Morgan fingerprint density at radius 2 is 1.80 bits per heavy atom. The Labute approximate surface area is 263 Å². The van der Waals surface area contributed by atoms with Crippen LogP contribution in [0.5, 0.6) is 0 Å². The Hall–Kier alpha value is -3.95. The van der Waals surface area contributed by atoms with Crippen LogP contribution in [0.4, 0.5) is 17.3 Å². The van der Waals surface area contributed by atoms with Gasteiger partial charge >= 0.3 is 0 Å². The number of hydrogen-bond acceptors (Lipinski definition) is 7. The molecule has 9 nitrogen and oxygen atoms in total. The van der Waals surface area contributed by atoms with Crippen LogP contribution in [0, 0.1) is 6.92 Å². The van der Waals surface area contributed by atoms with Crippen molar-refractivity contribution in [2.45, 2.75) is 58.0 Å². The number of nitrogens with zero attached hydrogens (tertiary/aromatic N) is 5. The molecule has 2 aromatic carbocycles. The third kappa shape index (κ3) is 6.44. The summed E-state index contributed by atoms with van der Waals surface area (Å²) >= 11 is 6.31. The molecule has 44 heavy (non-hydrogen) atoms. The van der Waals surface area contributed by atoms with Crippen LogP contribution in [-0.4, -0.2) is 64.6 Å². The van der Waals surface area contributed by atoms with E-state index >= 15 is 0 Å². The summed E-state index contributed by atoms with van der Waals surface area (Å²) in [6.45, 7) is 8.14. The zero-order chi connectivity index (χ0) is 30.8. The van der Waals surface area contributed by atoms with Crippen LogP contribution in [0.2, 0.25) is 5.02 Å². The fourth-order valence-electron chi connectivity index (χ4n) is 6.45. The number of benzene rings is 2. The summed E-state index contributed by atoms with van der Waals surface area (Å²) in [5.74, 6) is 0.506. The first-order valence-electron chi connectivity index (χ1n) is 15.6. The number of likely N-dealkylation sites (N-methyl/N-ethyl adjacent to an activating group) is 1. The van der Waals surface area contributed by atoms with E-state index in [0.717, 1.165) is 68.5 Å². The van der Waals surface area contributed by atoms with Gasteiger partial charge in [0.2, 0.25) is 11.9 Å². The third-order valence-corrected chi connectivity index (χ3v) is 9.19. The molecule has 230 valence electrons. The average Bonchev–Trinajstić information content (AvgIpc) is 3.02. The first kappa shape index (κ1) is 30.1. The van der Waals surface area contributed by atoms with Crippen molar-refractivity contribution < 1.29 is 4.79 Å². The van der Waals surface area contributed by atoms with Crippen LogP contribution in [0.25, 0.3) is 22.2 Å². The van der Waals surface area contributed by atoms with E-state index in [0.29, 0.717) is 28.6 Å². The number of aryl methyl sites for hydroxylation is 1. The van der Waals surface area contributed by atoms with E-state index in [1.165, 1.54) is 11.3 Å². The van der Waals surface area contributed by atoms with Gasteiger partial charge in [-0.15, -0.1) is 0 Å². The predicted octanol–water partition coefficient (Wildman–Crippen LogP) is 5.93. The van der Waals surface area contributed by atoms with Crippen molar-refractivity contribution in [2.24, 2.45) is 0 Å². The summed E-state index contributed by atoms with van der Waals surface area (Å²) in [7, 11) is 2.16. The quantitative estimate of drug-likeness (QED) is 0.267. The van der Waals surface area contributed by atoms with Crippen LogP contribution in [-0.2, 0) is 4.79 Å². The lowest BCUT2D eigenvalue weighted by Crippen LogP contribution is -2.44. The summed E-state index contributed by atoms with van der Waals surface area (Å²) in [5.41, 5.74) is 5.17. The minimum atomic E-state index is -0.0992. The Bertz CT molecular complexity index is 1720. The van der Waals surface area contributed by atoms with E-state index in [1.54, 1.807) is 12.3 Å². The molecule has 0 atom stereocenters. The molecule has 6 rings (SSSR count). The second-order valence-corrected chi connectivity index (χ2v) is 12.5. The Kier molecular flexibility index (Phi) is 8.86. The van der Waals surface area contributed by atoms with Crippen molar-refractivity contribution in [3.63, 3.8) is 0 Å². The van der Waals surface area contributed by atoms with E-state index in [9.17, 15) is 9.59 Å². The minimum Gasteiger partial charge on any atom is -0.369 e. The molecule has 2 N–H and O–H groups in total. The number of pyridine rings is 1. The highest BCUT2D eigenvalue weighted by atomic mass is 35.5. The first-order chi connectivity index (χ1) is 21.3. The summed E-state index contributed by atoms with van der Waals surface area (Å²) in [5, 5.41) is 7.86.